The molecule has 0 bridgehead atoms. The van der Waals surface area contributed by atoms with E-state index in [0.717, 1.165) is 0 Å². The Bertz CT molecular complexity index is 722. The molecule has 0 saturated carbocycles. The molecule has 0 aliphatic rings. The second kappa shape index (κ2) is 9.48. The third-order valence-corrected chi connectivity index (χ3v) is 6.61. The van der Waals surface area contributed by atoms with Crippen LogP contribution in [0.25, 0.3) is 0 Å². The maximum Gasteiger partial charge on any atom is 0.246 e. The first kappa shape index (κ1) is 24.6. The number of halogens is 1. The number of sulfone groups is 1. The number of hydrogen-bond acceptors (Lipinski definition) is 7. The van der Waals surface area contributed by atoms with Gasteiger partial charge in [-0.2, -0.15) is 0 Å². The SMILES string of the molecule is CCCC(CCC)S(=O)(=O)CC(N)(C(N)=O)C(=O)c1c(C)noc1C.Cl. The summed E-state index contributed by atoms with van der Waals surface area (Å²) in [5, 5.41) is 2.98. The van der Waals surface area contributed by atoms with Gasteiger partial charge in [-0.05, 0) is 26.7 Å². The summed E-state index contributed by atoms with van der Waals surface area (Å²) in [4.78, 5) is 24.8. The molecule has 0 radical (unpaired) electrons. The zero-order valence-corrected chi connectivity index (χ0v) is 17.2. The molecule has 1 unspecified atom stereocenters. The van der Waals surface area contributed by atoms with Crippen molar-refractivity contribution in [3.63, 3.8) is 0 Å². The monoisotopic (exact) mass is 409 g/mol. The standard InChI is InChI=1S/C16H27N3O5S.ClH/c1-5-7-12(8-6-2)25(22,23)9-16(18,15(17)21)14(20)13-10(3)19-24-11(13)4;/h12H,5-9,18H2,1-4H3,(H2,17,21);1H. The second-order valence-electron chi connectivity index (χ2n) is 6.37. The Morgan fingerprint density at radius 3 is 2.04 bits per heavy atom. The molecule has 150 valence electrons. The first-order valence-electron chi connectivity index (χ1n) is 8.29. The van der Waals surface area contributed by atoms with Crippen molar-refractivity contribution in [3.05, 3.63) is 17.0 Å². The van der Waals surface area contributed by atoms with Crippen molar-refractivity contribution in [2.75, 3.05) is 5.75 Å². The highest BCUT2D eigenvalue weighted by atomic mass is 35.5. The van der Waals surface area contributed by atoms with E-state index in [0.29, 0.717) is 25.7 Å². The van der Waals surface area contributed by atoms with Gasteiger partial charge < -0.3 is 16.0 Å². The van der Waals surface area contributed by atoms with Crippen LogP contribution in [-0.4, -0.2) is 41.8 Å². The number of aryl methyl sites for hydroxylation is 2. The van der Waals surface area contributed by atoms with Crippen LogP contribution in [0.5, 0.6) is 0 Å². The van der Waals surface area contributed by atoms with E-state index in [1.807, 2.05) is 13.8 Å². The topological polar surface area (TPSA) is 146 Å². The molecule has 4 N–H and O–H groups in total. The van der Waals surface area contributed by atoms with Crippen molar-refractivity contribution in [2.45, 2.75) is 64.2 Å². The van der Waals surface area contributed by atoms with Gasteiger partial charge in [0.15, 0.2) is 21.2 Å². The molecule has 1 heterocycles. The Labute approximate surface area is 160 Å². The van der Waals surface area contributed by atoms with Crippen LogP contribution in [0, 0.1) is 13.8 Å². The molecular formula is C16H28ClN3O5S. The van der Waals surface area contributed by atoms with Crippen molar-refractivity contribution >= 4 is 33.9 Å². The molecule has 0 aliphatic carbocycles. The lowest BCUT2D eigenvalue weighted by Gasteiger charge is -2.27. The number of nitrogens with zero attached hydrogens (tertiary/aromatic N) is 1. The molecular weight excluding hydrogens is 382 g/mol. The highest BCUT2D eigenvalue weighted by Gasteiger charge is 2.47. The smallest absolute Gasteiger partial charge is 0.246 e. The van der Waals surface area contributed by atoms with E-state index in [9.17, 15) is 18.0 Å². The van der Waals surface area contributed by atoms with Crippen molar-refractivity contribution in [1.29, 1.82) is 0 Å². The first-order chi connectivity index (χ1) is 11.5. The van der Waals surface area contributed by atoms with Crippen LogP contribution in [0.15, 0.2) is 4.52 Å². The number of ketones is 1. The van der Waals surface area contributed by atoms with Gasteiger partial charge in [0, 0.05) is 0 Å². The summed E-state index contributed by atoms with van der Waals surface area (Å²) in [6, 6.07) is 0. The average Bonchev–Trinajstić information content (AvgIpc) is 2.84. The fourth-order valence-electron chi connectivity index (χ4n) is 2.86. The summed E-state index contributed by atoms with van der Waals surface area (Å²) >= 11 is 0. The average molecular weight is 410 g/mol. The molecule has 1 amide bonds. The van der Waals surface area contributed by atoms with Gasteiger partial charge in [-0.15, -0.1) is 12.4 Å². The van der Waals surface area contributed by atoms with E-state index >= 15 is 0 Å². The molecule has 1 aromatic rings. The van der Waals surface area contributed by atoms with E-state index in [-0.39, 0.29) is 29.4 Å². The quantitative estimate of drug-likeness (QED) is 0.439. The zero-order chi connectivity index (χ0) is 19.4. The minimum absolute atomic E-state index is 0. The van der Waals surface area contributed by atoms with Crippen LogP contribution in [0.3, 0.4) is 0 Å². The van der Waals surface area contributed by atoms with E-state index in [1.54, 1.807) is 0 Å². The Balaban J connectivity index is 0.00000625. The number of rotatable bonds is 10. The lowest BCUT2D eigenvalue weighted by Crippen LogP contribution is -2.63. The van der Waals surface area contributed by atoms with Crippen molar-refractivity contribution in [2.24, 2.45) is 11.5 Å². The number of nitrogens with two attached hydrogens (primary N) is 2. The van der Waals surface area contributed by atoms with Crippen LogP contribution in [0.1, 0.15) is 61.3 Å². The van der Waals surface area contributed by atoms with Crippen LogP contribution in [0.2, 0.25) is 0 Å². The summed E-state index contributed by atoms with van der Waals surface area (Å²) in [5.41, 5.74) is 9.16. The van der Waals surface area contributed by atoms with Crippen molar-refractivity contribution < 1.29 is 22.5 Å². The molecule has 1 rings (SSSR count). The molecule has 0 spiro atoms. The second-order valence-corrected chi connectivity index (χ2v) is 8.65. The van der Waals surface area contributed by atoms with Gasteiger partial charge in [0.2, 0.25) is 5.91 Å². The Kier molecular flexibility index (Phi) is 8.95. The van der Waals surface area contributed by atoms with Crippen molar-refractivity contribution in [3.8, 4) is 0 Å². The Morgan fingerprint density at radius 1 is 1.19 bits per heavy atom. The van der Waals surface area contributed by atoms with E-state index in [4.69, 9.17) is 16.0 Å². The number of carbonyl (C=O) groups excluding carboxylic acids is 2. The van der Waals surface area contributed by atoms with Gasteiger partial charge in [-0.1, -0.05) is 31.8 Å². The number of hydrogen-bond donors (Lipinski definition) is 2. The Morgan fingerprint density at radius 2 is 1.69 bits per heavy atom. The van der Waals surface area contributed by atoms with Crippen LogP contribution >= 0.6 is 12.4 Å². The molecule has 8 nitrogen and oxygen atoms in total. The highest BCUT2D eigenvalue weighted by Crippen LogP contribution is 2.24. The lowest BCUT2D eigenvalue weighted by molar-refractivity contribution is -0.120. The largest absolute Gasteiger partial charge is 0.368 e. The molecule has 1 atom stereocenters. The minimum atomic E-state index is -3.81. The van der Waals surface area contributed by atoms with Crippen LogP contribution < -0.4 is 11.5 Å². The number of amides is 1. The van der Waals surface area contributed by atoms with E-state index in [1.165, 1.54) is 13.8 Å². The number of carbonyl (C=O) groups is 2. The van der Waals surface area contributed by atoms with Gasteiger partial charge in [-0.25, -0.2) is 8.42 Å². The normalized spacial score (nSPS) is 13.9. The van der Waals surface area contributed by atoms with Crippen molar-refractivity contribution in [1.82, 2.24) is 5.16 Å². The van der Waals surface area contributed by atoms with Gasteiger partial charge >= 0.3 is 0 Å². The van der Waals surface area contributed by atoms with Gasteiger partial charge in [0.05, 0.1) is 22.3 Å². The summed E-state index contributed by atoms with van der Waals surface area (Å²) in [6.45, 7) is 6.74. The first-order valence-corrected chi connectivity index (χ1v) is 10.0. The summed E-state index contributed by atoms with van der Waals surface area (Å²) in [7, 11) is -3.81. The predicted molar refractivity (Wildman–Crippen MR) is 101 cm³/mol. The predicted octanol–water partition coefficient (Wildman–Crippen LogP) is 1.46. The zero-order valence-electron chi connectivity index (χ0n) is 15.6. The maximum atomic E-state index is 12.8. The Hall–Kier alpha value is -1.45. The van der Waals surface area contributed by atoms with Crippen LogP contribution in [0.4, 0.5) is 0 Å². The molecule has 0 aliphatic heterocycles. The third-order valence-electron chi connectivity index (χ3n) is 4.26. The minimum Gasteiger partial charge on any atom is -0.368 e. The van der Waals surface area contributed by atoms with Gasteiger partial charge in [0.1, 0.15) is 5.76 Å². The fourth-order valence-corrected chi connectivity index (χ4v) is 5.19. The molecule has 0 saturated heterocycles. The molecule has 1 aromatic heterocycles. The molecule has 26 heavy (non-hydrogen) atoms. The fraction of sp³-hybridized carbons (Fsp3) is 0.688. The number of Topliss-reactive ketones (excluding diaryl/α,β-unsaturated/α-hetero) is 1. The third kappa shape index (κ3) is 5.05. The summed E-state index contributed by atoms with van der Waals surface area (Å²) in [5.74, 6) is -2.74. The maximum absolute atomic E-state index is 12.8. The van der Waals surface area contributed by atoms with Crippen LogP contribution in [-0.2, 0) is 14.6 Å². The van der Waals surface area contributed by atoms with Gasteiger partial charge in [0.25, 0.3) is 0 Å². The van der Waals surface area contributed by atoms with E-state index < -0.39 is 38.1 Å². The number of aromatic nitrogens is 1. The summed E-state index contributed by atoms with van der Waals surface area (Å²) < 4.78 is 30.5. The number of primary amides is 1. The molecule has 10 heteroatoms. The van der Waals surface area contributed by atoms with Gasteiger partial charge in [-0.3, -0.25) is 9.59 Å². The lowest BCUT2D eigenvalue weighted by atomic mass is 9.90. The van der Waals surface area contributed by atoms with E-state index in [2.05, 4.69) is 5.16 Å². The molecule has 0 aromatic carbocycles. The highest BCUT2D eigenvalue weighted by molar-refractivity contribution is 7.92. The molecule has 0 fully saturated rings. The summed E-state index contributed by atoms with van der Waals surface area (Å²) in [6.07, 6.45) is 2.20.